The predicted octanol–water partition coefficient (Wildman–Crippen LogP) is -2.25. The van der Waals surface area contributed by atoms with Crippen molar-refractivity contribution in [2.45, 2.75) is 106 Å². The molecule has 0 unspecified atom stereocenters. The van der Waals surface area contributed by atoms with E-state index in [1.165, 1.54) is 35.5 Å². The molecule has 0 aromatic carbocycles. The molecule has 0 aromatic rings. The molecule has 4 N–H and O–H groups in total. The van der Waals surface area contributed by atoms with E-state index in [4.69, 9.17) is 47.4 Å². The lowest BCUT2D eigenvalue weighted by Gasteiger charge is -2.49. The monoisotopic (exact) mass is 542 g/mol. The maximum atomic E-state index is 10.8. The molecule has 15 atom stereocenters. The molecular weight excluding hydrogens is 500 g/mol. The van der Waals surface area contributed by atoms with Gasteiger partial charge >= 0.3 is 0 Å². The molecule has 37 heavy (non-hydrogen) atoms. The summed E-state index contributed by atoms with van der Waals surface area (Å²) in [5, 5.41) is 42.2. The van der Waals surface area contributed by atoms with Gasteiger partial charge in [-0.1, -0.05) is 0 Å². The molecule has 0 bridgehead atoms. The lowest BCUT2D eigenvalue weighted by molar-refractivity contribution is -0.381. The molecule has 0 saturated carbocycles. The number of methoxy groups -OCH3 is 5. The summed E-state index contributed by atoms with van der Waals surface area (Å²) in [6.07, 6.45) is -14.8. The van der Waals surface area contributed by atoms with E-state index in [2.05, 4.69) is 0 Å². The molecule has 3 saturated heterocycles. The fourth-order valence-electron chi connectivity index (χ4n) is 5.11. The van der Waals surface area contributed by atoms with Crippen molar-refractivity contribution in [2.75, 3.05) is 42.2 Å². The van der Waals surface area contributed by atoms with Crippen molar-refractivity contribution in [3.8, 4) is 0 Å². The standard InChI is InChI=1S/C23H42O14/c1-9-12(24)17(30-5)19(21(27)33-9)37-23-20(32-7)18(31-6)15(10(2)34-23)36-22-14(26)16(29-4)13(25)11(35-22)8-28-3/h9-27H,8H2,1-7H3/t9-,10-,11+,12-,13+,14+,15-,16-,17+,18+,19+,20+,21+,22-,23-/m0/s1. The maximum Gasteiger partial charge on any atom is 0.187 e. The van der Waals surface area contributed by atoms with Gasteiger partial charge in [-0.15, -0.1) is 0 Å². The Hall–Kier alpha value is -0.560. The summed E-state index contributed by atoms with van der Waals surface area (Å²) in [7, 11) is 7.11. The van der Waals surface area contributed by atoms with Crippen LogP contribution in [0.15, 0.2) is 0 Å². The third-order valence-corrected chi connectivity index (χ3v) is 7.15. The van der Waals surface area contributed by atoms with Crippen LogP contribution in [0.1, 0.15) is 13.8 Å². The van der Waals surface area contributed by atoms with Crippen LogP contribution in [0.4, 0.5) is 0 Å². The molecule has 3 aliphatic rings. The average Bonchev–Trinajstić information content (AvgIpc) is 2.87. The highest BCUT2D eigenvalue weighted by atomic mass is 16.8. The lowest BCUT2D eigenvalue weighted by atomic mass is 9.96. The van der Waals surface area contributed by atoms with E-state index in [0.29, 0.717) is 0 Å². The van der Waals surface area contributed by atoms with E-state index >= 15 is 0 Å². The highest BCUT2D eigenvalue weighted by Crippen LogP contribution is 2.34. The number of hydrogen-bond acceptors (Lipinski definition) is 14. The van der Waals surface area contributed by atoms with E-state index in [0.717, 1.165) is 0 Å². The molecule has 0 spiro atoms. The smallest absolute Gasteiger partial charge is 0.187 e. The van der Waals surface area contributed by atoms with E-state index in [1.54, 1.807) is 13.8 Å². The van der Waals surface area contributed by atoms with Crippen molar-refractivity contribution in [1.82, 2.24) is 0 Å². The van der Waals surface area contributed by atoms with Crippen LogP contribution in [-0.2, 0) is 47.4 Å². The van der Waals surface area contributed by atoms with Gasteiger partial charge in [0.2, 0.25) is 0 Å². The van der Waals surface area contributed by atoms with E-state index < -0.39 is 92.1 Å². The third kappa shape index (κ3) is 6.44. The number of aliphatic hydroxyl groups excluding tert-OH is 4. The van der Waals surface area contributed by atoms with Gasteiger partial charge in [0.1, 0.15) is 61.0 Å². The summed E-state index contributed by atoms with van der Waals surface area (Å²) in [5.41, 5.74) is 0. The summed E-state index contributed by atoms with van der Waals surface area (Å²) in [5.74, 6) is 0. The normalized spacial score (nSPS) is 49.2. The zero-order valence-electron chi connectivity index (χ0n) is 22.2. The Labute approximate surface area is 216 Å². The Morgan fingerprint density at radius 2 is 1.14 bits per heavy atom. The first-order valence-corrected chi connectivity index (χ1v) is 12.2. The topological polar surface area (TPSA) is 173 Å². The van der Waals surface area contributed by atoms with Crippen LogP contribution >= 0.6 is 0 Å². The third-order valence-electron chi connectivity index (χ3n) is 7.15. The average molecular weight is 543 g/mol. The zero-order chi connectivity index (χ0) is 27.4. The second kappa shape index (κ2) is 13.7. The Bertz CT molecular complexity index is 686. The maximum absolute atomic E-state index is 10.8. The van der Waals surface area contributed by atoms with Crippen molar-refractivity contribution in [1.29, 1.82) is 0 Å². The van der Waals surface area contributed by atoms with E-state index in [9.17, 15) is 20.4 Å². The summed E-state index contributed by atoms with van der Waals surface area (Å²) < 4.78 is 56.6. The zero-order valence-corrected chi connectivity index (χ0v) is 22.2. The van der Waals surface area contributed by atoms with Crippen molar-refractivity contribution < 1.29 is 67.8 Å². The van der Waals surface area contributed by atoms with Gasteiger partial charge in [0.15, 0.2) is 18.9 Å². The van der Waals surface area contributed by atoms with Crippen molar-refractivity contribution >= 4 is 0 Å². The molecule has 0 aromatic heterocycles. The number of rotatable bonds is 10. The molecule has 3 rings (SSSR count). The van der Waals surface area contributed by atoms with E-state index in [1.807, 2.05) is 0 Å². The molecule has 3 aliphatic heterocycles. The van der Waals surface area contributed by atoms with Gasteiger partial charge in [-0.05, 0) is 13.8 Å². The first-order valence-electron chi connectivity index (χ1n) is 12.2. The lowest BCUT2D eigenvalue weighted by Crippen LogP contribution is -2.66. The fraction of sp³-hybridized carbons (Fsp3) is 1.00. The molecule has 0 amide bonds. The molecule has 14 heteroatoms. The van der Waals surface area contributed by atoms with Crippen LogP contribution in [0.5, 0.6) is 0 Å². The fourth-order valence-corrected chi connectivity index (χ4v) is 5.11. The summed E-state index contributed by atoms with van der Waals surface area (Å²) >= 11 is 0. The molecule has 0 aliphatic carbocycles. The minimum Gasteiger partial charge on any atom is -0.388 e. The van der Waals surface area contributed by atoms with Gasteiger partial charge in [-0.2, -0.15) is 0 Å². The summed E-state index contributed by atoms with van der Waals surface area (Å²) in [6, 6.07) is 0. The van der Waals surface area contributed by atoms with Crippen LogP contribution in [-0.4, -0.2) is 155 Å². The second-order valence-corrected chi connectivity index (χ2v) is 9.41. The van der Waals surface area contributed by atoms with Crippen LogP contribution in [0.3, 0.4) is 0 Å². The van der Waals surface area contributed by atoms with Crippen LogP contribution in [0.25, 0.3) is 0 Å². The van der Waals surface area contributed by atoms with Gasteiger partial charge in [-0.25, -0.2) is 0 Å². The molecular formula is C23H42O14. The van der Waals surface area contributed by atoms with Crippen molar-refractivity contribution in [3.05, 3.63) is 0 Å². The number of ether oxygens (including phenoxy) is 10. The summed E-state index contributed by atoms with van der Waals surface area (Å²) in [4.78, 5) is 0. The predicted molar refractivity (Wildman–Crippen MR) is 122 cm³/mol. The van der Waals surface area contributed by atoms with E-state index in [-0.39, 0.29) is 6.61 Å². The molecule has 3 fully saturated rings. The van der Waals surface area contributed by atoms with Crippen LogP contribution in [0.2, 0.25) is 0 Å². The number of hydrogen-bond donors (Lipinski definition) is 4. The van der Waals surface area contributed by atoms with Crippen molar-refractivity contribution in [3.63, 3.8) is 0 Å². The molecule has 0 radical (unpaired) electrons. The number of aliphatic hydroxyl groups is 4. The van der Waals surface area contributed by atoms with Gasteiger partial charge in [-0.3, -0.25) is 0 Å². The van der Waals surface area contributed by atoms with Gasteiger partial charge in [0, 0.05) is 35.5 Å². The Morgan fingerprint density at radius 1 is 0.541 bits per heavy atom. The Kier molecular flexibility index (Phi) is 11.4. The minimum atomic E-state index is -1.39. The first kappa shape index (κ1) is 31.0. The Balaban J connectivity index is 1.77. The SMILES string of the molecule is COC[C@H]1O[C@@H](O[C@@H]2[C@@H](OC)[C@@H](OC)[C@H](O[C@@H]3[C@H](OC)[C@@H](O)[C@H](C)O[C@H]3O)O[C@H]2C)[C@H](O)[C@@H](OC)[C@@H]1O. The molecule has 3 heterocycles. The van der Waals surface area contributed by atoms with Crippen LogP contribution < -0.4 is 0 Å². The quantitative estimate of drug-likeness (QED) is 0.233. The molecule has 14 nitrogen and oxygen atoms in total. The Morgan fingerprint density at radius 3 is 1.70 bits per heavy atom. The van der Waals surface area contributed by atoms with Crippen LogP contribution in [0, 0.1) is 0 Å². The highest BCUT2D eigenvalue weighted by Gasteiger charge is 2.53. The van der Waals surface area contributed by atoms with Gasteiger partial charge < -0.3 is 67.8 Å². The first-order chi connectivity index (χ1) is 17.6. The minimum absolute atomic E-state index is 0.0472. The molecule has 218 valence electrons. The summed E-state index contributed by atoms with van der Waals surface area (Å²) in [6.45, 7) is 3.37. The van der Waals surface area contributed by atoms with Gasteiger partial charge in [0.25, 0.3) is 0 Å². The second-order valence-electron chi connectivity index (χ2n) is 9.41. The van der Waals surface area contributed by atoms with Crippen molar-refractivity contribution in [2.24, 2.45) is 0 Å². The largest absolute Gasteiger partial charge is 0.388 e. The highest BCUT2D eigenvalue weighted by molar-refractivity contribution is 4.96. The van der Waals surface area contributed by atoms with Gasteiger partial charge in [0.05, 0.1) is 18.8 Å².